The first-order valence-corrected chi connectivity index (χ1v) is 7.39. The average molecular weight is 389 g/mol. The Morgan fingerprint density at radius 2 is 1.92 bits per heavy atom. The molecule has 132 valence electrons. The van der Waals surface area contributed by atoms with E-state index >= 15 is 0 Å². The van der Waals surface area contributed by atoms with Crippen LogP contribution >= 0.6 is 24.0 Å². The highest BCUT2D eigenvalue weighted by atomic mass is 35.5. The van der Waals surface area contributed by atoms with Crippen LogP contribution in [0.25, 0.3) is 11.1 Å². The summed E-state index contributed by atoms with van der Waals surface area (Å²) in [6.45, 7) is 2.29. The van der Waals surface area contributed by atoms with Crippen LogP contribution in [-0.4, -0.2) is 19.7 Å². The summed E-state index contributed by atoms with van der Waals surface area (Å²) in [4.78, 5) is 4.12. The lowest BCUT2D eigenvalue weighted by Gasteiger charge is -2.11. The normalized spacial score (nSPS) is 11.2. The highest BCUT2D eigenvalue weighted by molar-refractivity contribution is 6.31. The molecular formula is C16H13Cl2F3N4. The van der Waals surface area contributed by atoms with E-state index in [1.807, 2.05) is 11.5 Å². The minimum absolute atomic E-state index is 0. The molecule has 0 saturated heterocycles. The minimum Gasteiger partial charge on any atom is -0.329 e. The number of hydrogen-bond acceptors (Lipinski definition) is 3. The Morgan fingerprint density at radius 1 is 1.16 bits per heavy atom. The summed E-state index contributed by atoms with van der Waals surface area (Å²) in [7, 11) is 0. The van der Waals surface area contributed by atoms with Crippen LogP contribution in [-0.2, 0) is 12.7 Å². The van der Waals surface area contributed by atoms with Crippen molar-refractivity contribution in [2.45, 2.75) is 19.6 Å². The molecule has 3 rings (SSSR count). The second-order valence-electron chi connectivity index (χ2n) is 5.23. The van der Waals surface area contributed by atoms with Gasteiger partial charge in [0.05, 0.1) is 29.0 Å². The van der Waals surface area contributed by atoms with Crippen molar-refractivity contribution < 1.29 is 13.2 Å². The Morgan fingerprint density at radius 3 is 2.56 bits per heavy atom. The van der Waals surface area contributed by atoms with E-state index in [2.05, 4.69) is 15.2 Å². The van der Waals surface area contributed by atoms with Crippen molar-refractivity contribution in [1.29, 1.82) is 0 Å². The number of aryl methyl sites for hydroxylation is 1. The average Bonchev–Trinajstić information content (AvgIpc) is 2.92. The fraction of sp³-hybridized carbons (Fsp3) is 0.188. The van der Waals surface area contributed by atoms with Gasteiger partial charge in [0, 0.05) is 18.0 Å². The Bertz CT molecular complexity index is 878. The van der Waals surface area contributed by atoms with Crippen LogP contribution in [0.4, 0.5) is 13.2 Å². The molecule has 0 atom stereocenters. The Labute approximate surface area is 153 Å². The van der Waals surface area contributed by atoms with Crippen LogP contribution in [0.2, 0.25) is 5.02 Å². The van der Waals surface area contributed by atoms with Crippen LogP contribution in [0, 0.1) is 6.92 Å². The van der Waals surface area contributed by atoms with Crippen LogP contribution < -0.4 is 0 Å². The smallest absolute Gasteiger partial charge is 0.329 e. The Balaban J connectivity index is 0.00000225. The van der Waals surface area contributed by atoms with Crippen molar-refractivity contribution in [1.82, 2.24) is 19.7 Å². The van der Waals surface area contributed by atoms with Crippen molar-refractivity contribution in [3.05, 3.63) is 65.0 Å². The van der Waals surface area contributed by atoms with E-state index in [0.29, 0.717) is 23.4 Å². The molecule has 0 unspecified atom stereocenters. The third kappa shape index (κ3) is 4.29. The van der Waals surface area contributed by atoms with Gasteiger partial charge in [0.1, 0.15) is 5.82 Å². The monoisotopic (exact) mass is 388 g/mol. The molecule has 0 aliphatic rings. The molecule has 0 aliphatic heterocycles. The SMILES string of the molecule is Cc1nccn1Cc1cc(-c2ccc(Cl)c(C(F)(F)F)c2)cnn1.Cl. The van der Waals surface area contributed by atoms with Crippen molar-refractivity contribution in [2.24, 2.45) is 0 Å². The summed E-state index contributed by atoms with van der Waals surface area (Å²) < 4.78 is 40.9. The van der Waals surface area contributed by atoms with E-state index in [9.17, 15) is 13.2 Å². The Kier molecular flexibility index (Phi) is 5.69. The van der Waals surface area contributed by atoms with Gasteiger partial charge in [-0.1, -0.05) is 17.7 Å². The molecule has 0 bridgehead atoms. The van der Waals surface area contributed by atoms with Gasteiger partial charge in [-0.05, 0) is 30.7 Å². The zero-order valence-electron chi connectivity index (χ0n) is 13.0. The lowest BCUT2D eigenvalue weighted by atomic mass is 10.0. The standard InChI is InChI=1S/C16H12ClF3N4.ClH/c1-10-21-4-5-24(10)9-13-6-12(8-22-23-13)11-2-3-15(17)14(7-11)16(18,19)20;/h2-8H,9H2,1H3;1H. The second-order valence-corrected chi connectivity index (χ2v) is 5.64. The summed E-state index contributed by atoms with van der Waals surface area (Å²) in [6.07, 6.45) is 0.382. The molecule has 0 N–H and O–H groups in total. The van der Waals surface area contributed by atoms with Gasteiger partial charge in [-0.25, -0.2) is 4.98 Å². The van der Waals surface area contributed by atoms with Gasteiger partial charge in [-0.15, -0.1) is 12.4 Å². The number of imidazole rings is 1. The molecule has 0 radical (unpaired) electrons. The number of hydrogen-bond donors (Lipinski definition) is 0. The Hall–Kier alpha value is -2.12. The van der Waals surface area contributed by atoms with Crippen LogP contribution in [0.1, 0.15) is 17.1 Å². The van der Waals surface area contributed by atoms with Gasteiger partial charge < -0.3 is 4.57 Å². The van der Waals surface area contributed by atoms with Crippen molar-refractivity contribution in [3.8, 4) is 11.1 Å². The number of benzene rings is 1. The first-order valence-electron chi connectivity index (χ1n) is 7.01. The summed E-state index contributed by atoms with van der Waals surface area (Å²) in [5, 5.41) is 7.58. The number of aromatic nitrogens is 4. The molecule has 0 fully saturated rings. The molecule has 0 amide bonds. The number of alkyl halides is 3. The second kappa shape index (κ2) is 7.41. The van der Waals surface area contributed by atoms with Crippen molar-refractivity contribution >= 4 is 24.0 Å². The summed E-state index contributed by atoms with van der Waals surface area (Å²) in [5.74, 6) is 0.813. The van der Waals surface area contributed by atoms with Gasteiger partial charge >= 0.3 is 6.18 Å². The quantitative estimate of drug-likeness (QED) is 0.647. The molecule has 25 heavy (non-hydrogen) atoms. The third-order valence-electron chi connectivity index (χ3n) is 3.57. The maximum absolute atomic E-state index is 13.0. The number of nitrogens with zero attached hydrogens (tertiary/aromatic N) is 4. The van der Waals surface area contributed by atoms with Gasteiger partial charge in [0.2, 0.25) is 0 Å². The van der Waals surface area contributed by atoms with E-state index in [-0.39, 0.29) is 17.4 Å². The number of halogens is 5. The van der Waals surface area contributed by atoms with E-state index in [4.69, 9.17) is 11.6 Å². The highest BCUT2D eigenvalue weighted by Gasteiger charge is 2.33. The molecule has 2 heterocycles. The van der Waals surface area contributed by atoms with Gasteiger partial charge in [0.25, 0.3) is 0 Å². The van der Waals surface area contributed by atoms with Crippen LogP contribution in [0.15, 0.2) is 42.9 Å². The van der Waals surface area contributed by atoms with Crippen molar-refractivity contribution in [2.75, 3.05) is 0 Å². The minimum atomic E-state index is -4.51. The molecule has 9 heteroatoms. The summed E-state index contributed by atoms with van der Waals surface area (Å²) in [5.41, 5.74) is 0.674. The predicted molar refractivity (Wildman–Crippen MR) is 90.8 cm³/mol. The van der Waals surface area contributed by atoms with E-state index in [0.717, 1.165) is 11.9 Å². The van der Waals surface area contributed by atoms with Crippen molar-refractivity contribution in [3.63, 3.8) is 0 Å². The van der Waals surface area contributed by atoms with E-state index in [1.54, 1.807) is 18.5 Å². The zero-order chi connectivity index (χ0) is 17.3. The summed E-state index contributed by atoms with van der Waals surface area (Å²) >= 11 is 5.65. The molecule has 2 aromatic heterocycles. The largest absolute Gasteiger partial charge is 0.417 e. The maximum Gasteiger partial charge on any atom is 0.417 e. The van der Waals surface area contributed by atoms with Gasteiger partial charge in [-0.3, -0.25) is 0 Å². The van der Waals surface area contributed by atoms with Crippen LogP contribution in [0.3, 0.4) is 0 Å². The fourth-order valence-electron chi connectivity index (χ4n) is 2.31. The van der Waals surface area contributed by atoms with E-state index in [1.165, 1.54) is 18.3 Å². The lowest BCUT2D eigenvalue weighted by Crippen LogP contribution is -2.06. The van der Waals surface area contributed by atoms with Gasteiger partial charge in [0.15, 0.2) is 0 Å². The van der Waals surface area contributed by atoms with Gasteiger partial charge in [-0.2, -0.15) is 23.4 Å². The molecule has 1 aromatic carbocycles. The molecule has 0 spiro atoms. The fourth-order valence-corrected chi connectivity index (χ4v) is 2.54. The predicted octanol–water partition coefficient (Wildman–Crippen LogP) is 4.79. The first kappa shape index (κ1) is 19.2. The molecule has 0 aliphatic carbocycles. The number of rotatable bonds is 3. The van der Waals surface area contributed by atoms with Crippen LogP contribution in [0.5, 0.6) is 0 Å². The first-order chi connectivity index (χ1) is 11.3. The lowest BCUT2D eigenvalue weighted by molar-refractivity contribution is -0.137. The summed E-state index contributed by atoms with van der Waals surface area (Å²) in [6, 6.07) is 5.49. The highest BCUT2D eigenvalue weighted by Crippen LogP contribution is 2.37. The van der Waals surface area contributed by atoms with E-state index < -0.39 is 11.7 Å². The third-order valence-corrected chi connectivity index (χ3v) is 3.90. The molecule has 3 aromatic rings. The maximum atomic E-state index is 13.0. The topological polar surface area (TPSA) is 43.6 Å². The zero-order valence-corrected chi connectivity index (χ0v) is 14.5. The molecular weight excluding hydrogens is 376 g/mol. The molecule has 4 nitrogen and oxygen atoms in total. The molecule has 0 saturated carbocycles.